The first-order valence-electron chi connectivity index (χ1n) is 6.90. The summed E-state index contributed by atoms with van der Waals surface area (Å²) in [7, 11) is 0. The minimum atomic E-state index is 0.0830. The zero-order valence-corrected chi connectivity index (χ0v) is 13.0. The number of thiazole rings is 1. The molecule has 2 rings (SSSR count). The maximum atomic E-state index is 5.57. The monoisotopic (exact) mass is 295 g/mol. The lowest BCUT2D eigenvalue weighted by atomic mass is 10.3. The molecule has 2 aromatic rings. The highest BCUT2D eigenvalue weighted by Gasteiger charge is 2.12. The second-order valence-electron chi connectivity index (χ2n) is 4.68. The van der Waals surface area contributed by atoms with E-state index in [0.29, 0.717) is 11.9 Å². The summed E-state index contributed by atoms with van der Waals surface area (Å²) in [6, 6.07) is 0.554. The SMILES string of the molecule is CCCNC(C)c1nnc(NCCc2nc(C)cs2)o1. The van der Waals surface area contributed by atoms with Crippen molar-refractivity contribution in [2.24, 2.45) is 0 Å². The Balaban J connectivity index is 1.77. The summed E-state index contributed by atoms with van der Waals surface area (Å²) in [4.78, 5) is 4.41. The highest BCUT2D eigenvalue weighted by Crippen LogP contribution is 2.14. The Morgan fingerprint density at radius 2 is 2.20 bits per heavy atom. The Labute approximate surface area is 123 Å². The molecule has 0 saturated carbocycles. The van der Waals surface area contributed by atoms with Gasteiger partial charge >= 0.3 is 6.01 Å². The predicted molar refractivity (Wildman–Crippen MR) is 80.1 cm³/mol. The molecule has 0 aliphatic rings. The van der Waals surface area contributed by atoms with Crippen molar-refractivity contribution < 1.29 is 4.42 Å². The van der Waals surface area contributed by atoms with E-state index in [2.05, 4.69) is 38.1 Å². The van der Waals surface area contributed by atoms with E-state index in [0.717, 1.165) is 36.6 Å². The number of nitrogens with one attached hydrogen (secondary N) is 2. The van der Waals surface area contributed by atoms with Crippen molar-refractivity contribution in [1.82, 2.24) is 20.5 Å². The number of nitrogens with zero attached hydrogens (tertiary/aromatic N) is 3. The predicted octanol–water partition coefficient (Wildman–Crippen LogP) is 2.55. The molecule has 0 radical (unpaired) electrons. The van der Waals surface area contributed by atoms with Gasteiger partial charge in [0.25, 0.3) is 0 Å². The van der Waals surface area contributed by atoms with Gasteiger partial charge in [-0.05, 0) is 26.8 Å². The Kier molecular flexibility index (Phi) is 5.49. The second-order valence-corrected chi connectivity index (χ2v) is 5.62. The van der Waals surface area contributed by atoms with Crippen LogP contribution in [-0.2, 0) is 6.42 Å². The van der Waals surface area contributed by atoms with Crippen molar-refractivity contribution >= 4 is 17.4 Å². The van der Waals surface area contributed by atoms with Gasteiger partial charge in [-0.1, -0.05) is 12.0 Å². The topological polar surface area (TPSA) is 75.9 Å². The smallest absolute Gasteiger partial charge is 0.315 e. The lowest BCUT2D eigenvalue weighted by Gasteiger charge is -2.07. The van der Waals surface area contributed by atoms with Crippen LogP contribution in [-0.4, -0.2) is 28.3 Å². The molecule has 7 heteroatoms. The van der Waals surface area contributed by atoms with E-state index in [1.54, 1.807) is 11.3 Å². The fourth-order valence-electron chi connectivity index (χ4n) is 1.72. The number of hydrogen-bond acceptors (Lipinski definition) is 7. The van der Waals surface area contributed by atoms with Gasteiger partial charge in [0.2, 0.25) is 5.89 Å². The van der Waals surface area contributed by atoms with Gasteiger partial charge in [-0.3, -0.25) is 0 Å². The highest BCUT2D eigenvalue weighted by molar-refractivity contribution is 7.09. The van der Waals surface area contributed by atoms with Gasteiger partial charge in [0.15, 0.2) is 0 Å². The van der Waals surface area contributed by atoms with Crippen LogP contribution in [0.15, 0.2) is 9.80 Å². The van der Waals surface area contributed by atoms with E-state index >= 15 is 0 Å². The molecule has 2 N–H and O–H groups in total. The molecule has 110 valence electrons. The molecule has 1 atom stereocenters. The van der Waals surface area contributed by atoms with Crippen LogP contribution in [0.4, 0.5) is 6.01 Å². The molecule has 0 aliphatic carbocycles. The summed E-state index contributed by atoms with van der Waals surface area (Å²) in [6.45, 7) is 7.83. The van der Waals surface area contributed by atoms with E-state index in [-0.39, 0.29) is 6.04 Å². The quantitative estimate of drug-likeness (QED) is 0.779. The Bertz CT molecular complexity index is 524. The first kappa shape index (κ1) is 14.9. The number of hydrogen-bond donors (Lipinski definition) is 2. The molecular weight excluding hydrogens is 274 g/mol. The van der Waals surface area contributed by atoms with Gasteiger partial charge in [0.1, 0.15) is 0 Å². The van der Waals surface area contributed by atoms with Crippen molar-refractivity contribution in [2.45, 2.75) is 39.7 Å². The van der Waals surface area contributed by atoms with Crippen LogP contribution >= 0.6 is 11.3 Å². The van der Waals surface area contributed by atoms with Crippen molar-refractivity contribution in [1.29, 1.82) is 0 Å². The number of rotatable bonds is 8. The molecule has 0 saturated heterocycles. The minimum Gasteiger partial charge on any atom is -0.406 e. The highest BCUT2D eigenvalue weighted by atomic mass is 32.1. The first-order valence-corrected chi connectivity index (χ1v) is 7.78. The van der Waals surface area contributed by atoms with E-state index in [9.17, 15) is 0 Å². The van der Waals surface area contributed by atoms with E-state index < -0.39 is 0 Å². The van der Waals surface area contributed by atoms with Crippen molar-refractivity contribution in [2.75, 3.05) is 18.4 Å². The molecule has 2 heterocycles. The first-order chi connectivity index (χ1) is 9.69. The number of aromatic nitrogens is 3. The molecule has 0 spiro atoms. The molecule has 6 nitrogen and oxygen atoms in total. The molecule has 1 unspecified atom stereocenters. The third-order valence-electron chi connectivity index (χ3n) is 2.79. The van der Waals surface area contributed by atoms with Crippen molar-refractivity contribution in [3.05, 3.63) is 22.0 Å². The molecule has 0 aliphatic heterocycles. The maximum Gasteiger partial charge on any atom is 0.315 e. The van der Waals surface area contributed by atoms with Crippen LogP contribution in [0.5, 0.6) is 0 Å². The van der Waals surface area contributed by atoms with Gasteiger partial charge in [0.05, 0.1) is 11.0 Å². The second kappa shape index (κ2) is 7.35. The van der Waals surface area contributed by atoms with Crippen LogP contribution < -0.4 is 10.6 Å². The summed E-state index contributed by atoms with van der Waals surface area (Å²) in [5.74, 6) is 0.617. The summed E-state index contributed by atoms with van der Waals surface area (Å²) in [5.41, 5.74) is 1.07. The average molecular weight is 295 g/mol. The summed E-state index contributed by atoms with van der Waals surface area (Å²) >= 11 is 1.68. The summed E-state index contributed by atoms with van der Waals surface area (Å²) in [5, 5.41) is 17.7. The lowest BCUT2D eigenvalue weighted by molar-refractivity contribution is 0.423. The molecule has 0 fully saturated rings. The van der Waals surface area contributed by atoms with Crippen LogP contribution in [0.2, 0.25) is 0 Å². The molecule has 2 aromatic heterocycles. The van der Waals surface area contributed by atoms with Gasteiger partial charge in [0, 0.05) is 24.0 Å². The molecular formula is C13H21N5OS. The van der Waals surface area contributed by atoms with Gasteiger partial charge < -0.3 is 15.1 Å². The fourth-order valence-corrected chi connectivity index (χ4v) is 2.50. The van der Waals surface area contributed by atoms with Crippen LogP contribution in [0, 0.1) is 6.92 Å². The normalized spacial score (nSPS) is 12.6. The maximum absolute atomic E-state index is 5.57. The van der Waals surface area contributed by atoms with Gasteiger partial charge in [-0.25, -0.2) is 4.98 Å². The van der Waals surface area contributed by atoms with E-state index in [1.165, 1.54) is 0 Å². The standard InChI is InChI=1S/C13H21N5OS/c1-4-6-14-10(3)12-17-18-13(19-12)15-7-5-11-16-9(2)8-20-11/h8,10,14H,4-7H2,1-3H3,(H,15,18). The Morgan fingerprint density at radius 1 is 1.35 bits per heavy atom. The van der Waals surface area contributed by atoms with Crippen molar-refractivity contribution in [3.63, 3.8) is 0 Å². The number of anilines is 1. The van der Waals surface area contributed by atoms with Crippen LogP contribution in [0.3, 0.4) is 0 Å². The molecule has 20 heavy (non-hydrogen) atoms. The van der Waals surface area contributed by atoms with Crippen LogP contribution in [0.25, 0.3) is 0 Å². The van der Waals surface area contributed by atoms with Gasteiger partial charge in [-0.15, -0.1) is 16.4 Å². The Morgan fingerprint density at radius 3 is 2.90 bits per heavy atom. The molecule has 0 amide bonds. The third kappa shape index (κ3) is 4.28. The van der Waals surface area contributed by atoms with Gasteiger partial charge in [-0.2, -0.15) is 0 Å². The summed E-state index contributed by atoms with van der Waals surface area (Å²) < 4.78 is 5.57. The zero-order valence-electron chi connectivity index (χ0n) is 12.1. The average Bonchev–Trinajstić information content (AvgIpc) is 3.05. The van der Waals surface area contributed by atoms with Crippen molar-refractivity contribution in [3.8, 4) is 0 Å². The number of aryl methyl sites for hydroxylation is 1. The van der Waals surface area contributed by atoms with E-state index in [1.807, 2.05) is 13.8 Å². The minimum absolute atomic E-state index is 0.0830. The Hall–Kier alpha value is -1.47. The zero-order chi connectivity index (χ0) is 14.4. The lowest BCUT2D eigenvalue weighted by Crippen LogP contribution is -2.19. The third-order valence-corrected chi connectivity index (χ3v) is 3.82. The summed E-state index contributed by atoms with van der Waals surface area (Å²) in [6.07, 6.45) is 1.94. The fraction of sp³-hybridized carbons (Fsp3) is 0.615. The van der Waals surface area contributed by atoms with Crippen LogP contribution in [0.1, 0.15) is 42.9 Å². The largest absolute Gasteiger partial charge is 0.406 e. The molecule has 0 bridgehead atoms. The van der Waals surface area contributed by atoms with E-state index in [4.69, 9.17) is 4.42 Å². The molecule has 0 aromatic carbocycles.